The normalized spacial score (nSPS) is 11.8. The van der Waals surface area contributed by atoms with Crippen molar-refractivity contribution in [2.45, 2.75) is 26.1 Å². The lowest BCUT2D eigenvalue weighted by molar-refractivity contribution is 0.497. The molecule has 1 heterocycles. The lowest BCUT2D eigenvalue weighted by Crippen LogP contribution is -2.38. The van der Waals surface area contributed by atoms with E-state index in [0.717, 1.165) is 15.9 Å². The fourth-order valence-corrected chi connectivity index (χ4v) is 4.35. The summed E-state index contributed by atoms with van der Waals surface area (Å²) in [5.74, 6) is 1.15. The summed E-state index contributed by atoms with van der Waals surface area (Å²) in [5.41, 5.74) is 1.32. The van der Waals surface area contributed by atoms with Crippen molar-refractivity contribution >= 4 is 35.9 Å². The van der Waals surface area contributed by atoms with E-state index in [-0.39, 0.29) is 0 Å². The van der Waals surface area contributed by atoms with Gasteiger partial charge in [0.25, 0.3) is 0 Å². The van der Waals surface area contributed by atoms with Gasteiger partial charge in [0.15, 0.2) is 3.77 Å². The monoisotopic (exact) mass is 356 g/mol. The summed E-state index contributed by atoms with van der Waals surface area (Å²) in [6.07, 6.45) is 0.906. The van der Waals surface area contributed by atoms with E-state index < -0.39 is 8.07 Å². The molecule has 1 nitrogen and oxygen atoms in total. The molecular formula is C14H17IOSi. The van der Waals surface area contributed by atoms with E-state index in [4.69, 9.17) is 4.42 Å². The molecule has 0 unspecified atom stereocenters. The molecule has 0 spiro atoms. The number of benzene rings is 1. The van der Waals surface area contributed by atoms with Crippen LogP contribution in [0.2, 0.25) is 19.6 Å². The van der Waals surface area contributed by atoms with E-state index in [9.17, 15) is 0 Å². The predicted molar refractivity (Wildman–Crippen MR) is 83.7 cm³/mol. The first-order valence-electron chi connectivity index (χ1n) is 5.79. The molecule has 0 aliphatic heterocycles. The third-order valence-corrected chi connectivity index (χ3v) is 5.37. The molecule has 0 saturated heterocycles. The summed E-state index contributed by atoms with van der Waals surface area (Å²) in [6.45, 7) is 7.09. The van der Waals surface area contributed by atoms with Gasteiger partial charge in [-0.05, 0) is 39.4 Å². The van der Waals surface area contributed by atoms with Crippen molar-refractivity contribution in [1.29, 1.82) is 0 Å². The Hall–Kier alpha value is -0.553. The van der Waals surface area contributed by atoms with Crippen LogP contribution in [-0.2, 0) is 6.42 Å². The fraction of sp³-hybridized carbons (Fsp3) is 0.286. The third-order valence-electron chi connectivity index (χ3n) is 2.79. The summed E-state index contributed by atoms with van der Waals surface area (Å²) in [5, 5.41) is 1.45. The van der Waals surface area contributed by atoms with E-state index in [1.807, 2.05) is 0 Å². The average molecular weight is 356 g/mol. The molecule has 2 rings (SSSR count). The highest BCUT2D eigenvalue weighted by Crippen LogP contribution is 2.17. The summed E-state index contributed by atoms with van der Waals surface area (Å²) < 4.78 is 6.87. The SMILES string of the molecule is C[Si](C)(C)c1cc(I)oc1Cc1ccccc1. The molecule has 0 fully saturated rings. The van der Waals surface area contributed by atoms with Crippen molar-refractivity contribution in [2.75, 3.05) is 0 Å². The molecule has 0 N–H and O–H groups in total. The summed E-state index contributed by atoms with van der Waals surface area (Å²) in [4.78, 5) is 0. The standard InChI is InChI=1S/C14H17IOSi/c1-17(2,3)13-10-14(15)16-12(13)9-11-7-5-4-6-8-11/h4-8,10H,9H2,1-3H3. The van der Waals surface area contributed by atoms with Gasteiger partial charge in [0.05, 0.1) is 8.07 Å². The number of halogens is 1. The minimum absolute atomic E-state index is 0.906. The van der Waals surface area contributed by atoms with Gasteiger partial charge in [0.2, 0.25) is 0 Å². The first-order chi connectivity index (χ1) is 7.97. The topological polar surface area (TPSA) is 13.1 Å². The van der Waals surface area contributed by atoms with Gasteiger partial charge in [0, 0.05) is 6.42 Å². The molecule has 0 saturated carbocycles. The molecule has 0 amide bonds. The first kappa shape index (κ1) is 12.9. The number of furan rings is 1. The van der Waals surface area contributed by atoms with Crippen molar-refractivity contribution in [1.82, 2.24) is 0 Å². The molecule has 0 aliphatic rings. The maximum absolute atomic E-state index is 5.87. The molecular weight excluding hydrogens is 339 g/mol. The Morgan fingerprint density at radius 1 is 1.12 bits per heavy atom. The van der Waals surface area contributed by atoms with Crippen LogP contribution in [0.15, 0.2) is 40.8 Å². The van der Waals surface area contributed by atoms with Crippen LogP contribution in [0.3, 0.4) is 0 Å². The van der Waals surface area contributed by atoms with E-state index in [1.165, 1.54) is 10.8 Å². The second kappa shape index (κ2) is 4.98. The largest absolute Gasteiger partial charge is 0.455 e. The van der Waals surface area contributed by atoms with Gasteiger partial charge >= 0.3 is 0 Å². The van der Waals surface area contributed by atoms with Crippen molar-refractivity contribution in [3.05, 3.63) is 51.5 Å². The van der Waals surface area contributed by atoms with E-state index in [0.29, 0.717) is 0 Å². The van der Waals surface area contributed by atoms with E-state index in [1.54, 1.807) is 0 Å². The zero-order valence-electron chi connectivity index (χ0n) is 10.5. The molecule has 1 aromatic heterocycles. The van der Waals surface area contributed by atoms with Crippen LogP contribution in [0.4, 0.5) is 0 Å². The van der Waals surface area contributed by atoms with Gasteiger partial charge in [0.1, 0.15) is 5.76 Å². The maximum Gasteiger partial charge on any atom is 0.163 e. The van der Waals surface area contributed by atoms with Crippen LogP contribution in [0.5, 0.6) is 0 Å². The zero-order chi connectivity index (χ0) is 12.5. The van der Waals surface area contributed by atoms with Gasteiger partial charge in [-0.2, -0.15) is 0 Å². The average Bonchev–Trinajstić information content (AvgIpc) is 2.60. The van der Waals surface area contributed by atoms with Crippen molar-refractivity contribution in [3.63, 3.8) is 0 Å². The van der Waals surface area contributed by atoms with Gasteiger partial charge < -0.3 is 4.42 Å². The summed E-state index contributed by atoms with van der Waals surface area (Å²) in [7, 11) is -1.31. The molecule has 17 heavy (non-hydrogen) atoms. The second-order valence-corrected chi connectivity index (χ2v) is 11.4. The van der Waals surface area contributed by atoms with Gasteiger partial charge in [-0.25, -0.2) is 0 Å². The number of hydrogen-bond acceptors (Lipinski definition) is 1. The fourth-order valence-electron chi connectivity index (χ4n) is 1.94. The van der Waals surface area contributed by atoms with Crippen molar-refractivity contribution in [3.8, 4) is 0 Å². The van der Waals surface area contributed by atoms with Gasteiger partial charge in [-0.3, -0.25) is 0 Å². The van der Waals surface area contributed by atoms with Crippen LogP contribution in [-0.4, -0.2) is 8.07 Å². The highest BCUT2D eigenvalue weighted by Gasteiger charge is 2.24. The summed E-state index contributed by atoms with van der Waals surface area (Å²) in [6, 6.07) is 12.7. The summed E-state index contributed by atoms with van der Waals surface area (Å²) >= 11 is 2.26. The first-order valence-corrected chi connectivity index (χ1v) is 10.4. The van der Waals surface area contributed by atoms with Crippen molar-refractivity contribution in [2.24, 2.45) is 0 Å². The van der Waals surface area contributed by atoms with E-state index >= 15 is 0 Å². The van der Waals surface area contributed by atoms with Crippen LogP contribution in [0.25, 0.3) is 0 Å². The quantitative estimate of drug-likeness (QED) is 0.598. The maximum atomic E-state index is 5.87. The molecule has 1 aromatic carbocycles. The smallest absolute Gasteiger partial charge is 0.163 e. The Balaban J connectivity index is 2.33. The Morgan fingerprint density at radius 2 is 1.76 bits per heavy atom. The highest BCUT2D eigenvalue weighted by molar-refractivity contribution is 14.1. The zero-order valence-corrected chi connectivity index (χ0v) is 13.6. The molecule has 0 radical (unpaired) electrons. The Bertz CT molecular complexity index is 497. The number of rotatable bonds is 3. The van der Waals surface area contributed by atoms with Gasteiger partial charge in [-0.15, -0.1) is 0 Å². The van der Waals surface area contributed by atoms with Crippen LogP contribution in [0.1, 0.15) is 11.3 Å². The molecule has 0 bridgehead atoms. The lowest BCUT2D eigenvalue weighted by Gasteiger charge is -2.15. The second-order valence-electron chi connectivity index (χ2n) is 5.30. The van der Waals surface area contributed by atoms with Crippen LogP contribution in [0, 0.1) is 3.77 Å². The highest BCUT2D eigenvalue weighted by atomic mass is 127. The van der Waals surface area contributed by atoms with E-state index in [2.05, 4.69) is 78.6 Å². The Labute approximate surface area is 117 Å². The minimum Gasteiger partial charge on any atom is -0.455 e. The lowest BCUT2D eigenvalue weighted by atomic mass is 10.1. The predicted octanol–water partition coefficient (Wildman–Crippen LogP) is 4.02. The third kappa shape index (κ3) is 3.22. The van der Waals surface area contributed by atoms with Crippen molar-refractivity contribution < 1.29 is 4.42 Å². The van der Waals surface area contributed by atoms with Crippen LogP contribution >= 0.6 is 22.6 Å². The number of hydrogen-bond donors (Lipinski definition) is 0. The molecule has 0 atom stereocenters. The Morgan fingerprint density at radius 3 is 2.35 bits per heavy atom. The van der Waals surface area contributed by atoms with Crippen LogP contribution < -0.4 is 5.19 Å². The molecule has 90 valence electrons. The minimum atomic E-state index is -1.31. The molecule has 3 heteroatoms. The molecule has 0 aliphatic carbocycles. The Kier molecular flexibility index (Phi) is 3.78. The van der Waals surface area contributed by atoms with Gasteiger partial charge in [-0.1, -0.05) is 50.0 Å². The molecule has 2 aromatic rings.